The molecule has 0 radical (unpaired) electrons. The first kappa shape index (κ1) is 18.3. The van der Waals surface area contributed by atoms with Gasteiger partial charge in [0.2, 0.25) is 10.0 Å². The number of benzene rings is 2. The number of fused-ring (bicyclic) bond motifs is 1. The van der Waals surface area contributed by atoms with E-state index in [1.54, 1.807) is 41.3 Å². The molecule has 0 spiro atoms. The minimum absolute atomic E-state index is 0.259. The van der Waals surface area contributed by atoms with Gasteiger partial charge in [0.25, 0.3) is 0 Å². The molecule has 4 rings (SSSR count). The van der Waals surface area contributed by atoms with Crippen LogP contribution in [-0.4, -0.2) is 29.7 Å². The number of aromatic nitrogens is 3. The molecule has 4 aromatic rings. The molecule has 0 atom stereocenters. The van der Waals surface area contributed by atoms with Gasteiger partial charge in [0.1, 0.15) is 0 Å². The fourth-order valence-electron chi connectivity index (χ4n) is 3.17. The lowest BCUT2D eigenvalue weighted by Gasteiger charge is -2.11. The van der Waals surface area contributed by atoms with Crippen LogP contribution in [0.4, 0.5) is 0 Å². The molecule has 0 amide bonds. The van der Waals surface area contributed by atoms with Crippen LogP contribution in [0.1, 0.15) is 11.1 Å². The van der Waals surface area contributed by atoms with Crippen LogP contribution in [0.25, 0.3) is 16.6 Å². The lowest BCUT2D eigenvalue weighted by Crippen LogP contribution is -2.26. The van der Waals surface area contributed by atoms with Gasteiger partial charge in [-0.05, 0) is 60.9 Å². The maximum Gasteiger partial charge on any atom is 0.241 e. The van der Waals surface area contributed by atoms with E-state index in [0.29, 0.717) is 23.9 Å². The molecular weight excluding hydrogens is 372 g/mol. The second-order valence-electron chi connectivity index (χ2n) is 6.55. The highest BCUT2D eigenvalue weighted by molar-refractivity contribution is 7.89. The summed E-state index contributed by atoms with van der Waals surface area (Å²) in [6, 6.07) is 16.7. The second-order valence-corrected chi connectivity index (χ2v) is 8.28. The Balaban J connectivity index is 1.47. The number of hydrogen-bond acceptors (Lipinski definition) is 4. The summed E-state index contributed by atoms with van der Waals surface area (Å²) in [6.45, 7) is 2.24. The summed E-state index contributed by atoms with van der Waals surface area (Å²) in [6.07, 6.45) is 5.88. The standard InChI is InChI=1S/C21H20N4O2S/c1-16-5-10-20(19-4-2-12-22-21(16)19)28(26,27)24-14-11-17-6-8-18(9-7-17)25-15-3-13-23-25/h2-10,12-13,15,24H,11,14H2,1H3. The Labute approximate surface area is 163 Å². The quantitative estimate of drug-likeness (QED) is 0.546. The van der Waals surface area contributed by atoms with Crippen molar-refractivity contribution in [2.45, 2.75) is 18.2 Å². The molecule has 2 aromatic carbocycles. The molecular formula is C21H20N4O2S. The molecule has 2 aromatic heterocycles. The van der Waals surface area contributed by atoms with E-state index in [4.69, 9.17) is 0 Å². The van der Waals surface area contributed by atoms with Gasteiger partial charge in [-0.15, -0.1) is 0 Å². The SMILES string of the molecule is Cc1ccc(S(=O)(=O)NCCc2ccc(-n3cccn3)cc2)c2cccnc12. The predicted octanol–water partition coefficient (Wildman–Crippen LogP) is 3.25. The molecule has 6 nitrogen and oxygen atoms in total. The first-order valence-corrected chi connectivity index (χ1v) is 10.5. The number of hydrogen-bond donors (Lipinski definition) is 1. The Bertz CT molecular complexity index is 1200. The second kappa shape index (κ2) is 7.53. The van der Waals surface area contributed by atoms with Crippen molar-refractivity contribution >= 4 is 20.9 Å². The zero-order valence-electron chi connectivity index (χ0n) is 15.4. The zero-order chi connectivity index (χ0) is 19.6. The van der Waals surface area contributed by atoms with Crippen LogP contribution in [0.15, 0.2) is 78.1 Å². The van der Waals surface area contributed by atoms with E-state index in [2.05, 4.69) is 14.8 Å². The average molecular weight is 392 g/mol. The van der Waals surface area contributed by atoms with E-state index in [9.17, 15) is 8.42 Å². The molecule has 7 heteroatoms. The van der Waals surface area contributed by atoms with E-state index >= 15 is 0 Å². The molecule has 0 saturated carbocycles. The van der Waals surface area contributed by atoms with Crippen molar-refractivity contribution in [3.05, 3.63) is 84.3 Å². The van der Waals surface area contributed by atoms with Crippen molar-refractivity contribution in [2.24, 2.45) is 0 Å². The fraction of sp³-hybridized carbons (Fsp3) is 0.143. The highest BCUT2D eigenvalue weighted by Gasteiger charge is 2.18. The van der Waals surface area contributed by atoms with Gasteiger partial charge in [0.05, 0.1) is 16.1 Å². The molecule has 1 N–H and O–H groups in total. The lowest BCUT2D eigenvalue weighted by atomic mass is 10.1. The minimum Gasteiger partial charge on any atom is -0.256 e. The monoisotopic (exact) mass is 392 g/mol. The van der Waals surface area contributed by atoms with Gasteiger partial charge < -0.3 is 0 Å². The Morgan fingerprint density at radius 1 is 1.00 bits per heavy atom. The third-order valence-corrected chi connectivity index (χ3v) is 6.15. The maximum atomic E-state index is 12.8. The van der Waals surface area contributed by atoms with E-state index in [-0.39, 0.29) is 4.90 Å². The zero-order valence-corrected chi connectivity index (χ0v) is 16.2. The average Bonchev–Trinajstić information content (AvgIpc) is 3.23. The summed E-state index contributed by atoms with van der Waals surface area (Å²) in [5, 5.41) is 4.83. The molecule has 0 saturated heterocycles. The molecule has 0 fully saturated rings. The van der Waals surface area contributed by atoms with Gasteiger partial charge >= 0.3 is 0 Å². The number of sulfonamides is 1. The van der Waals surface area contributed by atoms with Gasteiger partial charge in [-0.25, -0.2) is 17.8 Å². The summed E-state index contributed by atoms with van der Waals surface area (Å²) < 4.78 is 30.1. The summed E-state index contributed by atoms with van der Waals surface area (Å²) in [5.41, 5.74) is 3.67. The van der Waals surface area contributed by atoms with Crippen LogP contribution in [0.3, 0.4) is 0 Å². The van der Waals surface area contributed by atoms with Crippen molar-refractivity contribution in [2.75, 3.05) is 6.54 Å². The highest BCUT2D eigenvalue weighted by atomic mass is 32.2. The molecule has 28 heavy (non-hydrogen) atoms. The first-order chi connectivity index (χ1) is 13.5. The predicted molar refractivity (Wildman–Crippen MR) is 109 cm³/mol. The maximum absolute atomic E-state index is 12.8. The molecule has 0 aliphatic heterocycles. The third-order valence-electron chi connectivity index (χ3n) is 4.63. The van der Waals surface area contributed by atoms with Gasteiger partial charge in [0.15, 0.2) is 0 Å². The lowest BCUT2D eigenvalue weighted by molar-refractivity contribution is 0.582. The van der Waals surface area contributed by atoms with Gasteiger partial charge in [0, 0.05) is 30.5 Å². The molecule has 142 valence electrons. The number of aryl methyl sites for hydroxylation is 1. The fourth-order valence-corrected chi connectivity index (χ4v) is 4.39. The number of nitrogens with one attached hydrogen (secondary N) is 1. The topological polar surface area (TPSA) is 76.9 Å². The summed E-state index contributed by atoms with van der Waals surface area (Å²) in [4.78, 5) is 4.57. The summed E-state index contributed by atoms with van der Waals surface area (Å²) in [7, 11) is -3.62. The van der Waals surface area contributed by atoms with E-state index in [0.717, 1.165) is 16.8 Å². The number of pyridine rings is 1. The van der Waals surface area contributed by atoms with Crippen molar-refractivity contribution in [1.82, 2.24) is 19.5 Å². The van der Waals surface area contributed by atoms with Gasteiger partial charge in [-0.2, -0.15) is 5.10 Å². The van der Waals surface area contributed by atoms with Crippen molar-refractivity contribution in [3.8, 4) is 5.69 Å². The van der Waals surface area contributed by atoms with E-state index in [1.165, 1.54) is 0 Å². The molecule has 2 heterocycles. The van der Waals surface area contributed by atoms with Crippen LogP contribution in [0.5, 0.6) is 0 Å². The largest absolute Gasteiger partial charge is 0.256 e. The van der Waals surface area contributed by atoms with Gasteiger partial charge in [-0.3, -0.25) is 4.98 Å². The van der Waals surface area contributed by atoms with Crippen LogP contribution in [0.2, 0.25) is 0 Å². The molecule has 0 aliphatic carbocycles. The molecule has 0 unspecified atom stereocenters. The summed E-state index contributed by atoms with van der Waals surface area (Å²) in [5.74, 6) is 0. The van der Waals surface area contributed by atoms with E-state index < -0.39 is 10.0 Å². The smallest absolute Gasteiger partial charge is 0.241 e. The van der Waals surface area contributed by atoms with Crippen molar-refractivity contribution in [3.63, 3.8) is 0 Å². The van der Waals surface area contributed by atoms with Crippen LogP contribution in [-0.2, 0) is 16.4 Å². The van der Waals surface area contributed by atoms with Crippen molar-refractivity contribution < 1.29 is 8.42 Å². The van der Waals surface area contributed by atoms with E-state index in [1.807, 2.05) is 43.5 Å². The minimum atomic E-state index is -3.62. The third kappa shape index (κ3) is 3.67. The Hall–Kier alpha value is -3.03. The normalized spacial score (nSPS) is 11.8. The highest BCUT2D eigenvalue weighted by Crippen LogP contribution is 2.24. The van der Waals surface area contributed by atoms with Crippen LogP contribution in [0, 0.1) is 6.92 Å². The summed E-state index contributed by atoms with van der Waals surface area (Å²) >= 11 is 0. The number of nitrogens with zero attached hydrogens (tertiary/aromatic N) is 3. The number of rotatable bonds is 6. The molecule has 0 bridgehead atoms. The first-order valence-electron chi connectivity index (χ1n) is 8.97. The van der Waals surface area contributed by atoms with Gasteiger partial charge in [-0.1, -0.05) is 18.2 Å². The Morgan fingerprint density at radius 2 is 1.82 bits per heavy atom. The molecule has 0 aliphatic rings. The van der Waals surface area contributed by atoms with Crippen molar-refractivity contribution in [1.29, 1.82) is 0 Å². The van der Waals surface area contributed by atoms with Crippen LogP contribution >= 0.6 is 0 Å². The van der Waals surface area contributed by atoms with Crippen LogP contribution < -0.4 is 4.72 Å². The Kier molecular flexibility index (Phi) is 4.93. The Morgan fingerprint density at radius 3 is 2.57 bits per heavy atom.